The van der Waals surface area contributed by atoms with Gasteiger partial charge in [0, 0.05) is 17.6 Å². The van der Waals surface area contributed by atoms with Crippen molar-refractivity contribution in [3.63, 3.8) is 0 Å². The summed E-state index contributed by atoms with van der Waals surface area (Å²) < 4.78 is 0. The lowest BCUT2D eigenvalue weighted by molar-refractivity contribution is 0.440. The summed E-state index contributed by atoms with van der Waals surface area (Å²) in [6.07, 6.45) is 9.82. The van der Waals surface area contributed by atoms with Crippen LogP contribution in [0.25, 0.3) is 10.8 Å². The molecule has 0 bridgehead atoms. The van der Waals surface area contributed by atoms with Crippen LogP contribution >= 0.6 is 0 Å². The second-order valence-electron chi connectivity index (χ2n) is 6.76. The third-order valence-electron chi connectivity index (χ3n) is 5.25. The van der Waals surface area contributed by atoms with Gasteiger partial charge in [0.1, 0.15) is 0 Å². The Morgan fingerprint density at radius 3 is 2.61 bits per heavy atom. The first-order valence-corrected chi connectivity index (χ1v) is 9.21. The van der Waals surface area contributed by atoms with Gasteiger partial charge in [-0.15, -0.1) is 0 Å². The zero-order valence-corrected chi connectivity index (χ0v) is 14.8. The zero-order valence-electron chi connectivity index (χ0n) is 14.8. The third kappa shape index (κ3) is 3.02. The maximum absolute atomic E-state index is 2.64. The number of unbranched alkanes of at least 4 members (excludes halogenated alkanes) is 1. The lowest BCUT2D eigenvalue weighted by atomic mass is 9.97. The van der Waals surface area contributed by atoms with Gasteiger partial charge in [-0.05, 0) is 36.3 Å². The number of anilines is 1. The molecule has 1 heteroatoms. The van der Waals surface area contributed by atoms with Crippen LogP contribution in [0.2, 0.25) is 0 Å². The van der Waals surface area contributed by atoms with E-state index in [4.69, 9.17) is 0 Å². The molecule has 0 saturated carbocycles. The predicted octanol–water partition coefficient (Wildman–Crippen LogP) is 6.49. The average molecular weight is 307 g/mol. The normalized spacial score (nSPS) is 18.2. The smallest absolute Gasteiger partial charge is 0.0733 e. The van der Waals surface area contributed by atoms with E-state index in [9.17, 15) is 0 Å². The minimum Gasteiger partial charge on any atom is -0.360 e. The Labute approximate surface area is 141 Å². The quantitative estimate of drug-likeness (QED) is 0.528. The summed E-state index contributed by atoms with van der Waals surface area (Å²) in [7, 11) is 0. The van der Waals surface area contributed by atoms with Crippen molar-refractivity contribution in [1.29, 1.82) is 0 Å². The number of benzene rings is 2. The van der Waals surface area contributed by atoms with E-state index in [0.29, 0.717) is 6.04 Å². The van der Waals surface area contributed by atoms with Crippen LogP contribution in [0.5, 0.6) is 0 Å². The number of nitrogens with zero attached hydrogens (tertiary/aromatic N) is 1. The second-order valence-corrected chi connectivity index (χ2v) is 6.76. The van der Waals surface area contributed by atoms with E-state index in [1.165, 1.54) is 54.3 Å². The predicted molar refractivity (Wildman–Crippen MR) is 102 cm³/mol. The Kier molecular flexibility index (Phi) is 5.05. The van der Waals surface area contributed by atoms with Crippen molar-refractivity contribution in [1.82, 2.24) is 0 Å². The maximum atomic E-state index is 2.64. The van der Waals surface area contributed by atoms with Crippen molar-refractivity contribution >= 4 is 16.5 Å². The van der Waals surface area contributed by atoms with E-state index in [1.807, 2.05) is 0 Å². The molecule has 1 heterocycles. The largest absolute Gasteiger partial charge is 0.360 e. The molecule has 2 aromatic carbocycles. The van der Waals surface area contributed by atoms with Gasteiger partial charge in [-0.25, -0.2) is 0 Å². The molecule has 0 saturated heterocycles. The van der Waals surface area contributed by atoms with Crippen molar-refractivity contribution < 1.29 is 0 Å². The van der Waals surface area contributed by atoms with Gasteiger partial charge in [0.05, 0.1) is 6.04 Å². The maximum Gasteiger partial charge on any atom is 0.0733 e. The second kappa shape index (κ2) is 7.21. The van der Waals surface area contributed by atoms with E-state index in [1.54, 1.807) is 0 Å². The Bertz CT molecular complexity index is 680. The Morgan fingerprint density at radius 1 is 1.13 bits per heavy atom. The van der Waals surface area contributed by atoms with Crippen LogP contribution in [0.4, 0.5) is 5.69 Å². The van der Waals surface area contributed by atoms with Gasteiger partial charge in [-0.2, -0.15) is 0 Å². The molecule has 1 nitrogen and oxygen atoms in total. The summed E-state index contributed by atoms with van der Waals surface area (Å²) in [5.74, 6) is 0.785. The molecule has 23 heavy (non-hydrogen) atoms. The lowest BCUT2D eigenvalue weighted by Gasteiger charge is -2.30. The molecule has 0 aliphatic carbocycles. The summed E-state index contributed by atoms with van der Waals surface area (Å²) in [6, 6.07) is 13.9. The highest BCUT2D eigenvalue weighted by Crippen LogP contribution is 2.45. The first-order valence-electron chi connectivity index (χ1n) is 9.21. The standard InChI is InChI=1S/C22H29N/c1-4-7-11-17(6-3)16-23-20(10-5-2)19-14-8-12-18-13-9-15-21(23)22(18)19/h5,8-10,12-15,17,20H,4,6-7,11,16H2,1-3H3/b10-5+. The highest BCUT2D eigenvalue weighted by molar-refractivity contribution is 6.00. The lowest BCUT2D eigenvalue weighted by Crippen LogP contribution is -2.29. The molecule has 1 aliphatic heterocycles. The highest BCUT2D eigenvalue weighted by Gasteiger charge is 2.30. The van der Waals surface area contributed by atoms with E-state index >= 15 is 0 Å². The van der Waals surface area contributed by atoms with Gasteiger partial charge in [0.2, 0.25) is 0 Å². The molecule has 2 unspecified atom stereocenters. The van der Waals surface area contributed by atoms with E-state index in [-0.39, 0.29) is 0 Å². The van der Waals surface area contributed by atoms with Gasteiger partial charge < -0.3 is 4.90 Å². The van der Waals surface area contributed by atoms with Crippen LogP contribution in [-0.2, 0) is 0 Å². The van der Waals surface area contributed by atoms with Crippen LogP contribution in [0.1, 0.15) is 58.1 Å². The summed E-state index contributed by atoms with van der Waals surface area (Å²) >= 11 is 0. The van der Waals surface area contributed by atoms with E-state index < -0.39 is 0 Å². The van der Waals surface area contributed by atoms with Crippen LogP contribution in [-0.4, -0.2) is 6.54 Å². The number of rotatable bonds is 7. The van der Waals surface area contributed by atoms with Crippen LogP contribution in [0, 0.1) is 5.92 Å². The molecule has 1 aliphatic rings. The summed E-state index contributed by atoms with van der Waals surface area (Å²) in [5.41, 5.74) is 2.90. The Morgan fingerprint density at radius 2 is 1.91 bits per heavy atom. The number of hydrogen-bond donors (Lipinski definition) is 0. The van der Waals surface area contributed by atoms with Gasteiger partial charge >= 0.3 is 0 Å². The van der Waals surface area contributed by atoms with Crippen LogP contribution in [0.15, 0.2) is 48.6 Å². The molecule has 3 rings (SSSR count). The molecular weight excluding hydrogens is 278 g/mol. The van der Waals surface area contributed by atoms with Crippen molar-refractivity contribution in [3.05, 3.63) is 54.1 Å². The minimum absolute atomic E-state index is 0.400. The van der Waals surface area contributed by atoms with Crippen molar-refractivity contribution in [2.45, 2.75) is 52.5 Å². The Balaban J connectivity index is 1.98. The summed E-state index contributed by atoms with van der Waals surface area (Å²) in [5, 5.41) is 2.84. The molecule has 0 amide bonds. The summed E-state index contributed by atoms with van der Waals surface area (Å²) in [4.78, 5) is 2.64. The molecule has 2 atom stereocenters. The van der Waals surface area contributed by atoms with Gasteiger partial charge in [0.25, 0.3) is 0 Å². The molecular formula is C22H29N. The average Bonchev–Trinajstić information content (AvgIpc) is 2.88. The first-order chi connectivity index (χ1) is 11.3. The fourth-order valence-electron chi connectivity index (χ4n) is 3.95. The van der Waals surface area contributed by atoms with Crippen molar-refractivity contribution in [2.75, 3.05) is 11.4 Å². The van der Waals surface area contributed by atoms with E-state index in [2.05, 4.69) is 74.2 Å². The highest BCUT2D eigenvalue weighted by atomic mass is 15.2. The molecule has 0 spiro atoms. The van der Waals surface area contributed by atoms with Crippen molar-refractivity contribution in [3.8, 4) is 0 Å². The van der Waals surface area contributed by atoms with Crippen LogP contribution in [0.3, 0.4) is 0 Å². The molecule has 0 radical (unpaired) electrons. The topological polar surface area (TPSA) is 3.24 Å². The fourth-order valence-corrected chi connectivity index (χ4v) is 3.95. The SMILES string of the molecule is C/C=C/C1c2cccc3cccc(c23)N1CC(CC)CCCC. The van der Waals surface area contributed by atoms with Gasteiger partial charge in [-0.3, -0.25) is 0 Å². The fraction of sp³-hybridized carbons (Fsp3) is 0.455. The van der Waals surface area contributed by atoms with Gasteiger partial charge in [0.15, 0.2) is 0 Å². The van der Waals surface area contributed by atoms with E-state index in [0.717, 1.165) is 5.92 Å². The van der Waals surface area contributed by atoms with Gasteiger partial charge in [-0.1, -0.05) is 75.6 Å². The molecule has 122 valence electrons. The molecule has 2 aromatic rings. The molecule has 0 fully saturated rings. The number of hydrogen-bond acceptors (Lipinski definition) is 1. The first kappa shape index (κ1) is 16.1. The monoisotopic (exact) mass is 307 g/mol. The Hall–Kier alpha value is -1.76. The molecule has 0 N–H and O–H groups in total. The molecule has 0 aromatic heterocycles. The third-order valence-corrected chi connectivity index (χ3v) is 5.25. The van der Waals surface area contributed by atoms with Crippen molar-refractivity contribution in [2.24, 2.45) is 5.92 Å². The zero-order chi connectivity index (χ0) is 16.2. The van der Waals surface area contributed by atoms with Crippen LogP contribution < -0.4 is 4.90 Å². The number of allylic oxidation sites excluding steroid dienone is 1. The summed E-state index contributed by atoms with van der Waals surface area (Å²) in [6.45, 7) is 7.94. The minimum atomic E-state index is 0.400.